The van der Waals surface area contributed by atoms with Gasteiger partial charge < -0.3 is 0 Å². The summed E-state index contributed by atoms with van der Waals surface area (Å²) in [6, 6.07) is 0. The van der Waals surface area contributed by atoms with E-state index in [0.717, 1.165) is 15.8 Å². The van der Waals surface area contributed by atoms with Crippen LogP contribution in [0.2, 0.25) is 7.93 Å². The third kappa shape index (κ3) is 2.09. The maximum atomic E-state index is 2.62. The van der Waals surface area contributed by atoms with Crippen LogP contribution in [0.15, 0.2) is 0 Å². The van der Waals surface area contributed by atoms with E-state index < -0.39 is 0 Å². The molecule has 3 heteroatoms. The monoisotopic (exact) mass is 466 g/mol. The van der Waals surface area contributed by atoms with Crippen LogP contribution < -0.4 is 0 Å². The maximum absolute atomic E-state index is 2.62. The molecular weight excluding hydrogens is 453 g/mol. The van der Waals surface area contributed by atoms with Crippen LogP contribution in [0.3, 0.4) is 0 Å². The Morgan fingerprint density at radius 1 is 1.00 bits per heavy atom. The van der Waals surface area contributed by atoms with E-state index in [-0.39, 0.29) is 0 Å². The van der Waals surface area contributed by atoms with Gasteiger partial charge in [-0.1, -0.05) is 0 Å². The molecule has 0 aromatic rings. The second-order valence-electron chi connectivity index (χ2n) is 2.44. The van der Waals surface area contributed by atoms with Gasteiger partial charge in [-0.25, -0.2) is 0 Å². The van der Waals surface area contributed by atoms with Crippen LogP contribution in [0.25, 0.3) is 0 Å². The molecule has 54 valence electrons. The summed E-state index contributed by atoms with van der Waals surface area (Å²) in [6.45, 7) is 4.85. The van der Waals surface area contributed by atoms with E-state index in [0.29, 0.717) is 20.9 Å². The third-order valence-corrected chi connectivity index (χ3v) is 13.9. The van der Waals surface area contributed by atoms with E-state index in [1.165, 1.54) is 0 Å². The summed E-state index contributed by atoms with van der Waals surface area (Å²) < 4.78 is 4.10. The molecule has 1 saturated heterocycles. The molecule has 0 spiro atoms. The van der Waals surface area contributed by atoms with E-state index in [1.54, 1.807) is 0 Å². The number of hydrogen-bond acceptors (Lipinski definition) is 0. The van der Waals surface area contributed by atoms with Crippen molar-refractivity contribution < 1.29 is 0 Å². The van der Waals surface area contributed by atoms with Gasteiger partial charge in [-0.05, 0) is 0 Å². The first-order valence-electron chi connectivity index (χ1n) is 3.06. The van der Waals surface area contributed by atoms with E-state index in [2.05, 4.69) is 59.0 Å². The Bertz CT molecular complexity index is 95.2. The summed E-state index contributed by atoms with van der Waals surface area (Å²) in [4.78, 5) is 0. The molecule has 1 rings (SSSR count). The van der Waals surface area contributed by atoms with Gasteiger partial charge in [0.1, 0.15) is 0 Å². The molecule has 1 fully saturated rings. The Morgan fingerprint density at radius 3 is 1.44 bits per heavy atom. The van der Waals surface area contributed by atoms with Crippen molar-refractivity contribution in [3.05, 3.63) is 0 Å². The molecule has 0 aromatic heterocycles. The Labute approximate surface area is 94.3 Å². The zero-order valence-electron chi connectivity index (χ0n) is 5.47. The van der Waals surface area contributed by atoms with Crippen molar-refractivity contribution in [1.29, 1.82) is 0 Å². The van der Waals surface area contributed by atoms with Gasteiger partial charge in [0.2, 0.25) is 0 Å². The van der Waals surface area contributed by atoms with Gasteiger partial charge in [-0.2, -0.15) is 0 Å². The number of alkyl halides is 2. The van der Waals surface area contributed by atoms with Crippen molar-refractivity contribution in [2.75, 3.05) is 0 Å². The molecular formula is C6H10I2Te. The van der Waals surface area contributed by atoms with Gasteiger partial charge >= 0.3 is 95.7 Å². The summed E-state index contributed by atoms with van der Waals surface area (Å²) in [5.41, 5.74) is 0. The van der Waals surface area contributed by atoms with Crippen molar-refractivity contribution in [3.8, 4) is 0 Å². The van der Waals surface area contributed by atoms with Crippen molar-refractivity contribution in [2.24, 2.45) is 0 Å². The molecule has 0 bridgehead atoms. The van der Waals surface area contributed by atoms with Gasteiger partial charge in [0, 0.05) is 0 Å². The molecule has 0 nitrogen and oxygen atoms in total. The van der Waals surface area contributed by atoms with Gasteiger partial charge in [-0.3, -0.25) is 0 Å². The molecule has 9 heavy (non-hydrogen) atoms. The average molecular weight is 464 g/mol. The molecule has 0 aromatic carbocycles. The van der Waals surface area contributed by atoms with E-state index in [9.17, 15) is 0 Å². The molecule has 1 aliphatic rings. The molecule has 4 atom stereocenters. The first-order valence-corrected chi connectivity index (χ1v) is 8.24. The molecule has 1 heterocycles. The zero-order chi connectivity index (χ0) is 7.02. The number of halogens is 2. The van der Waals surface area contributed by atoms with E-state index in [1.807, 2.05) is 0 Å². The van der Waals surface area contributed by atoms with Crippen molar-refractivity contribution >= 4 is 66.1 Å². The van der Waals surface area contributed by atoms with Gasteiger partial charge in [0.25, 0.3) is 0 Å². The second-order valence-corrected chi connectivity index (χ2v) is 10.3. The average Bonchev–Trinajstić information content (AvgIpc) is 1.98. The van der Waals surface area contributed by atoms with Crippen molar-refractivity contribution in [3.63, 3.8) is 0 Å². The predicted octanol–water partition coefficient (Wildman–Crippen LogP) is 2.93. The van der Waals surface area contributed by atoms with Crippen LogP contribution in [0.5, 0.6) is 0 Å². The van der Waals surface area contributed by atoms with Crippen LogP contribution in [0, 0.1) is 0 Å². The Morgan fingerprint density at radius 2 is 1.33 bits per heavy atom. The summed E-state index contributed by atoms with van der Waals surface area (Å²) in [5.74, 6) is 0. The van der Waals surface area contributed by atoms with Crippen LogP contribution >= 0.6 is 45.2 Å². The van der Waals surface area contributed by atoms with Gasteiger partial charge in [0.05, 0.1) is 0 Å². The molecule has 4 unspecified atom stereocenters. The molecule has 0 radical (unpaired) electrons. The molecule has 0 N–H and O–H groups in total. The summed E-state index contributed by atoms with van der Waals surface area (Å²) in [7, 11) is 0. The minimum absolute atomic E-state index is 0.356. The normalized spacial score (nSPS) is 52.0. The van der Waals surface area contributed by atoms with Gasteiger partial charge in [-0.15, -0.1) is 0 Å². The quantitative estimate of drug-likeness (QED) is 0.295. The van der Waals surface area contributed by atoms with Crippen LogP contribution in [-0.2, 0) is 0 Å². The van der Waals surface area contributed by atoms with Crippen LogP contribution in [0.1, 0.15) is 13.8 Å². The number of hydrogen-bond donors (Lipinski definition) is 0. The minimum atomic E-state index is 0.356. The summed E-state index contributed by atoms with van der Waals surface area (Å²) >= 11 is 5.60. The fraction of sp³-hybridized carbons (Fsp3) is 1.00. The Balaban J connectivity index is 2.54. The first-order chi connectivity index (χ1) is 4.13. The van der Waals surface area contributed by atoms with Crippen LogP contribution in [0.4, 0.5) is 0 Å². The standard InChI is InChI=1S/C6H10I2Te/c1-3-5(7)6(8)4(2)9-3/h3-6H,1-2H3. The molecule has 1 aliphatic heterocycles. The molecule has 0 amide bonds. The number of rotatable bonds is 0. The SMILES string of the molecule is CC1[Te]C(C)C(I)C1I. The topological polar surface area (TPSA) is 0 Å². The third-order valence-electron chi connectivity index (χ3n) is 1.63. The van der Waals surface area contributed by atoms with Crippen molar-refractivity contribution in [2.45, 2.75) is 29.6 Å². The summed E-state index contributed by atoms with van der Waals surface area (Å²) in [6.07, 6.45) is 0. The Hall–Kier alpha value is 2.25. The van der Waals surface area contributed by atoms with E-state index >= 15 is 0 Å². The predicted molar refractivity (Wildman–Crippen MR) is 60.2 cm³/mol. The zero-order valence-corrected chi connectivity index (χ0v) is 12.1. The second kappa shape index (κ2) is 3.77. The first kappa shape index (κ1) is 9.34. The van der Waals surface area contributed by atoms with Crippen LogP contribution in [-0.4, -0.2) is 28.8 Å². The fourth-order valence-corrected chi connectivity index (χ4v) is 10.0. The fourth-order valence-electron chi connectivity index (χ4n) is 1.01. The van der Waals surface area contributed by atoms with Crippen molar-refractivity contribution in [1.82, 2.24) is 0 Å². The Kier molecular flexibility index (Phi) is 3.91. The summed E-state index contributed by atoms with van der Waals surface area (Å²) in [5, 5.41) is 0. The molecule has 0 saturated carbocycles. The van der Waals surface area contributed by atoms with E-state index in [4.69, 9.17) is 0 Å². The van der Waals surface area contributed by atoms with Gasteiger partial charge in [0.15, 0.2) is 0 Å². The molecule has 0 aliphatic carbocycles.